The molecule has 0 saturated heterocycles. The molecule has 0 saturated carbocycles. The predicted molar refractivity (Wildman–Crippen MR) is 54.0 cm³/mol. The van der Waals surface area contributed by atoms with Crippen LogP contribution in [0.25, 0.3) is 0 Å². The average molecular weight is 192 g/mol. The Morgan fingerprint density at radius 3 is 2.64 bits per heavy atom. The molecular formula is C8H17OPS. The maximum Gasteiger partial charge on any atom is 0.156 e. The third-order valence-electron chi connectivity index (χ3n) is 1.68. The summed E-state index contributed by atoms with van der Waals surface area (Å²) in [6, 6.07) is 0. The molecule has 0 aliphatic rings. The van der Waals surface area contributed by atoms with Crippen LogP contribution < -0.4 is 0 Å². The van der Waals surface area contributed by atoms with Gasteiger partial charge in [0.1, 0.15) is 0 Å². The molecule has 1 nitrogen and oxygen atoms in total. The van der Waals surface area contributed by atoms with Crippen LogP contribution in [0.2, 0.25) is 0 Å². The van der Waals surface area contributed by atoms with E-state index in [2.05, 4.69) is 19.6 Å². The average Bonchev–Trinajstić information content (AvgIpc) is 1.99. The Hall–Kier alpha value is 0.450. The number of rotatable bonds is 7. The molecule has 0 heterocycles. The van der Waals surface area contributed by atoms with Crippen molar-refractivity contribution in [1.82, 2.24) is 0 Å². The summed E-state index contributed by atoms with van der Waals surface area (Å²) in [6.07, 6.45) is 6.93. The summed E-state index contributed by atoms with van der Waals surface area (Å²) in [7, 11) is 0.236. The van der Waals surface area contributed by atoms with Gasteiger partial charge in [-0.05, 0) is 6.42 Å². The molecule has 1 atom stereocenters. The van der Waals surface area contributed by atoms with Crippen LogP contribution in [0.15, 0.2) is 0 Å². The van der Waals surface area contributed by atoms with Gasteiger partial charge in [-0.15, -0.1) is 0 Å². The van der Waals surface area contributed by atoms with Gasteiger partial charge < -0.3 is 0 Å². The molecular weight excluding hydrogens is 175 g/mol. The fourth-order valence-corrected chi connectivity index (χ4v) is 1.72. The molecule has 0 aliphatic carbocycles. The maximum absolute atomic E-state index is 10.2. The first-order valence-corrected chi connectivity index (χ1v) is 5.79. The first kappa shape index (κ1) is 11.4. The fraction of sp³-hybridized carbons (Fsp3) is 1.00. The van der Waals surface area contributed by atoms with Gasteiger partial charge in [0.05, 0.1) is 0 Å². The number of thiol groups is 1. The highest BCUT2D eigenvalue weighted by Gasteiger charge is 2.00. The highest BCUT2D eigenvalue weighted by atomic mass is 32.1. The Labute approximate surface area is 76.6 Å². The van der Waals surface area contributed by atoms with Crippen molar-refractivity contribution in [3.63, 3.8) is 0 Å². The second kappa shape index (κ2) is 8.55. The van der Waals surface area contributed by atoms with Gasteiger partial charge in [-0.3, -0.25) is 4.57 Å². The predicted octanol–water partition coefficient (Wildman–Crippen LogP) is 3.55. The second-order valence-electron chi connectivity index (χ2n) is 2.81. The zero-order chi connectivity index (χ0) is 8.53. The largest absolute Gasteiger partial charge is 0.275 e. The van der Waals surface area contributed by atoms with Gasteiger partial charge >= 0.3 is 0 Å². The Balaban J connectivity index is 3.03. The Morgan fingerprint density at radius 1 is 1.36 bits per heavy atom. The van der Waals surface area contributed by atoms with Gasteiger partial charge in [0.25, 0.3) is 0 Å². The van der Waals surface area contributed by atoms with Gasteiger partial charge in [-0.1, -0.05) is 32.6 Å². The van der Waals surface area contributed by atoms with Crippen LogP contribution >= 0.6 is 21.1 Å². The van der Waals surface area contributed by atoms with Crippen LogP contribution in [-0.2, 0) is 4.57 Å². The van der Waals surface area contributed by atoms with Crippen LogP contribution in [0, 0.1) is 0 Å². The van der Waals surface area contributed by atoms with E-state index in [1.807, 2.05) is 0 Å². The molecule has 0 bridgehead atoms. The van der Waals surface area contributed by atoms with Crippen LogP contribution in [0.3, 0.4) is 0 Å². The van der Waals surface area contributed by atoms with E-state index in [4.69, 9.17) is 0 Å². The first-order valence-electron chi connectivity index (χ1n) is 4.28. The lowest BCUT2D eigenvalue weighted by atomic mass is 10.1. The van der Waals surface area contributed by atoms with Crippen molar-refractivity contribution in [3.05, 3.63) is 0 Å². The number of hydrogen-bond donors (Lipinski definition) is 1. The fourth-order valence-electron chi connectivity index (χ4n) is 0.984. The van der Waals surface area contributed by atoms with E-state index in [0.29, 0.717) is 11.4 Å². The molecule has 0 aliphatic heterocycles. The summed E-state index contributed by atoms with van der Waals surface area (Å²) in [6.45, 7) is 2.20. The summed E-state index contributed by atoms with van der Waals surface area (Å²) < 4.78 is 10.2. The van der Waals surface area contributed by atoms with Gasteiger partial charge in [0, 0.05) is 11.4 Å². The van der Waals surface area contributed by atoms with Crippen molar-refractivity contribution >= 4 is 21.1 Å². The Bertz CT molecular complexity index is 98.1. The van der Waals surface area contributed by atoms with E-state index in [0.717, 1.165) is 6.42 Å². The smallest absolute Gasteiger partial charge is 0.156 e. The van der Waals surface area contributed by atoms with Crippen molar-refractivity contribution in [1.29, 1.82) is 0 Å². The van der Waals surface area contributed by atoms with Gasteiger partial charge in [0.2, 0.25) is 0 Å². The van der Waals surface area contributed by atoms with Crippen molar-refractivity contribution in [2.75, 3.05) is 6.16 Å². The van der Waals surface area contributed by atoms with E-state index in [9.17, 15) is 4.57 Å². The first-order chi connectivity index (χ1) is 5.31. The normalized spacial score (nSPS) is 13.6. The topological polar surface area (TPSA) is 17.1 Å². The molecule has 3 heteroatoms. The van der Waals surface area contributed by atoms with Crippen molar-refractivity contribution in [2.45, 2.75) is 44.3 Å². The Kier molecular flexibility index (Phi) is 8.90. The molecule has 0 spiro atoms. The van der Waals surface area contributed by atoms with E-state index in [-0.39, 0.29) is 8.46 Å². The van der Waals surface area contributed by atoms with Crippen molar-refractivity contribution in [3.8, 4) is 0 Å². The quantitative estimate of drug-likeness (QED) is 0.371. The van der Waals surface area contributed by atoms with Crippen LogP contribution in [0.5, 0.6) is 0 Å². The lowest BCUT2D eigenvalue weighted by molar-refractivity contribution is 0.593. The zero-order valence-electron chi connectivity index (χ0n) is 7.12. The van der Waals surface area contributed by atoms with E-state index < -0.39 is 0 Å². The minimum absolute atomic E-state index is 0.236. The SMILES string of the molecule is CCCCCCC(S)CP=O. The highest BCUT2D eigenvalue weighted by Crippen LogP contribution is 2.13. The van der Waals surface area contributed by atoms with Gasteiger partial charge in [-0.2, -0.15) is 12.6 Å². The highest BCUT2D eigenvalue weighted by molar-refractivity contribution is 7.81. The zero-order valence-corrected chi connectivity index (χ0v) is 8.91. The molecule has 0 aromatic heterocycles. The molecule has 0 fully saturated rings. The minimum atomic E-state index is 0.236. The van der Waals surface area contributed by atoms with E-state index in [1.54, 1.807) is 0 Å². The van der Waals surface area contributed by atoms with Gasteiger partial charge in [0.15, 0.2) is 8.46 Å². The van der Waals surface area contributed by atoms with E-state index in [1.165, 1.54) is 25.7 Å². The molecule has 0 radical (unpaired) electrons. The molecule has 0 N–H and O–H groups in total. The standard InChI is InChI=1S/C8H17OPS/c1-2-3-4-5-6-8(11)7-10-9/h8,11H,2-7H2,1H3. The van der Waals surface area contributed by atoms with E-state index >= 15 is 0 Å². The van der Waals surface area contributed by atoms with Crippen molar-refractivity contribution < 1.29 is 4.57 Å². The summed E-state index contributed by atoms with van der Waals surface area (Å²) >= 11 is 4.31. The third kappa shape index (κ3) is 8.36. The number of unbranched alkanes of at least 4 members (excludes halogenated alkanes) is 3. The molecule has 0 amide bonds. The maximum atomic E-state index is 10.2. The van der Waals surface area contributed by atoms with Crippen LogP contribution in [0.1, 0.15) is 39.0 Å². The van der Waals surface area contributed by atoms with Crippen LogP contribution in [-0.4, -0.2) is 11.4 Å². The minimum Gasteiger partial charge on any atom is -0.275 e. The molecule has 0 aromatic rings. The lowest BCUT2D eigenvalue weighted by Crippen LogP contribution is -1.99. The molecule has 11 heavy (non-hydrogen) atoms. The van der Waals surface area contributed by atoms with Crippen molar-refractivity contribution in [2.24, 2.45) is 0 Å². The second-order valence-corrected chi connectivity index (χ2v) is 4.17. The third-order valence-corrected chi connectivity index (χ3v) is 2.99. The summed E-state index contributed by atoms with van der Waals surface area (Å²) in [5.41, 5.74) is 0. The molecule has 1 unspecified atom stereocenters. The monoisotopic (exact) mass is 192 g/mol. The Morgan fingerprint density at radius 2 is 2.09 bits per heavy atom. The molecule has 0 aromatic carbocycles. The molecule has 66 valence electrons. The molecule has 0 rings (SSSR count). The summed E-state index contributed by atoms with van der Waals surface area (Å²) in [5.74, 6) is 0. The lowest BCUT2D eigenvalue weighted by Gasteiger charge is -2.04. The summed E-state index contributed by atoms with van der Waals surface area (Å²) in [4.78, 5) is 0. The van der Waals surface area contributed by atoms with Crippen LogP contribution in [0.4, 0.5) is 0 Å². The van der Waals surface area contributed by atoms with Gasteiger partial charge in [-0.25, -0.2) is 0 Å². The summed E-state index contributed by atoms with van der Waals surface area (Å²) in [5, 5.41) is 0.339. The number of hydrogen-bond acceptors (Lipinski definition) is 2.